The second kappa shape index (κ2) is 6.85. The fourth-order valence-electron chi connectivity index (χ4n) is 2.40. The van der Waals surface area contributed by atoms with E-state index in [0.717, 1.165) is 6.07 Å². The molecule has 0 bridgehead atoms. The molecule has 6 heteroatoms. The summed E-state index contributed by atoms with van der Waals surface area (Å²) in [5.41, 5.74) is 0.440. The molecule has 2 amide bonds. The Balaban J connectivity index is 1.80. The Hall–Kier alpha value is -1.69. The van der Waals surface area contributed by atoms with Crippen molar-refractivity contribution in [2.24, 2.45) is 0 Å². The molecule has 3 atom stereocenters. The third kappa shape index (κ3) is 4.39. The number of carbonyl (C=O) groups excluding carboxylic acids is 1. The molecule has 0 spiro atoms. The zero-order valence-electron chi connectivity index (χ0n) is 11.9. The molecule has 0 aromatic heterocycles. The van der Waals surface area contributed by atoms with Gasteiger partial charge in [0.15, 0.2) is 0 Å². The summed E-state index contributed by atoms with van der Waals surface area (Å²) in [6.07, 6.45) is 1.99. The fraction of sp³-hybridized carbons (Fsp3) is 0.533. The minimum Gasteiger partial charge on any atom is -0.396 e. The second-order valence-corrected chi connectivity index (χ2v) is 5.50. The number of aliphatic hydroxyl groups is 1. The number of hydrogen-bond acceptors (Lipinski definition) is 2. The van der Waals surface area contributed by atoms with E-state index in [1.807, 2.05) is 6.92 Å². The highest BCUT2D eigenvalue weighted by molar-refractivity contribution is 5.75. The van der Waals surface area contributed by atoms with Gasteiger partial charge in [0, 0.05) is 30.7 Å². The summed E-state index contributed by atoms with van der Waals surface area (Å²) in [6.45, 7) is 1.96. The predicted molar refractivity (Wildman–Crippen MR) is 75.0 cm³/mol. The van der Waals surface area contributed by atoms with Crippen LogP contribution >= 0.6 is 0 Å². The molecule has 0 saturated heterocycles. The first kappa shape index (κ1) is 15.7. The molecule has 116 valence electrons. The molecule has 2 rings (SSSR count). The largest absolute Gasteiger partial charge is 0.396 e. The van der Waals surface area contributed by atoms with E-state index in [1.165, 1.54) is 12.1 Å². The smallest absolute Gasteiger partial charge is 0.315 e. The van der Waals surface area contributed by atoms with Crippen LogP contribution in [-0.2, 0) is 0 Å². The molecule has 3 N–H and O–H groups in total. The van der Waals surface area contributed by atoms with Gasteiger partial charge >= 0.3 is 6.03 Å². The molecule has 0 unspecified atom stereocenters. The van der Waals surface area contributed by atoms with Crippen molar-refractivity contribution in [3.63, 3.8) is 0 Å². The quantitative estimate of drug-likeness (QED) is 0.754. The van der Waals surface area contributed by atoms with Crippen LogP contribution in [0.4, 0.5) is 13.6 Å². The second-order valence-electron chi connectivity index (χ2n) is 5.50. The Kier molecular flexibility index (Phi) is 5.12. The lowest BCUT2D eigenvalue weighted by Gasteiger charge is -2.14. The zero-order chi connectivity index (χ0) is 15.4. The molecular weight excluding hydrogens is 278 g/mol. The van der Waals surface area contributed by atoms with Crippen LogP contribution in [0.15, 0.2) is 18.2 Å². The number of benzene rings is 1. The number of carbonyl (C=O) groups is 1. The summed E-state index contributed by atoms with van der Waals surface area (Å²) in [5, 5.41) is 14.3. The summed E-state index contributed by atoms with van der Waals surface area (Å²) in [7, 11) is 0. The molecule has 0 aliphatic heterocycles. The van der Waals surface area contributed by atoms with Crippen molar-refractivity contribution >= 4 is 6.03 Å². The van der Waals surface area contributed by atoms with Crippen molar-refractivity contribution in [3.8, 4) is 0 Å². The van der Waals surface area contributed by atoms with Crippen molar-refractivity contribution in [2.45, 2.75) is 44.2 Å². The predicted octanol–water partition coefficient (Wildman–Crippen LogP) is 2.28. The van der Waals surface area contributed by atoms with Crippen LogP contribution in [0.25, 0.3) is 0 Å². The van der Waals surface area contributed by atoms with E-state index in [1.54, 1.807) is 0 Å². The van der Waals surface area contributed by atoms with E-state index < -0.39 is 11.6 Å². The lowest BCUT2D eigenvalue weighted by atomic mass is 10.1. The number of aliphatic hydroxyl groups excluding tert-OH is 1. The summed E-state index contributed by atoms with van der Waals surface area (Å²) >= 11 is 0. The Morgan fingerprint density at radius 1 is 1.48 bits per heavy atom. The third-order valence-electron chi connectivity index (χ3n) is 3.64. The first-order valence-corrected chi connectivity index (χ1v) is 7.14. The van der Waals surface area contributed by atoms with Crippen LogP contribution < -0.4 is 10.6 Å². The fourth-order valence-corrected chi connectivity index (χ4v) is 2.40. The number of hydrogen-bond donors (Lipinski definition) is 3. The van der Waals surface area contributed by atoms with Crippen molar-refractivity contribution in [3.05, 3.63) is 35.4 Å². The van der Waals surface area contributed by atoms with E-state index in [0.29, 0.717) is 24.8 Å². The van der Waals surface area contributed by atoms with Crippen molar-refractivity contribution in [2.75, 3.05) is 6.61 Å². The van der Waals surface area contributed by atoms with Crippen molar-refractivity contribution in [1.29, 1.82) is 0 Å². The van der Waals surface area contributed by atoms with Gasteiger partial charge in [-0.1, -0.05) is 6.07 Å². The van der Waals surface area contributed by atoms with E-state index in [4.69, 9.17) is 5.11 Å². The highest BCUT2D eigenvalue weighted by atomic mass is 19.1. The van der Waals surface area contributed by atoms with Crippen LogP contribution in [-0.4, -0.2) is 29.8 Å². The van der Waals surface area contributed by atoms with Crippen molar-refractivity contribution in [1.82, 2.24) is 10.6 Å². The Bertz CT molecular complexity index is 510. The maximum Gasteiger partial charge on any atom is 0.315 e. The van der Waals surface area contributed by atoms with Crippen LogP contribution in [0.3, 0.4) is 0 Å². The monoisotopic (exact) mass is 298 g/mol. The molecule has 1 aromatic carbocycles. The van der Waals surface area contributed by atoms with Crippen LogP contribution in [0.1, 0.15) is 37.7 Å². The molecule has 21 heavy (non-hydrogen) atoms. The SMILES string of the molecule is C[C@H](CCCO)NC(=O)N[C@@H]1C[C@@H]1c1ccc(F)cc1F. The number of nitrogens with one attached hydrogen (secondary N) is 2. The minimum absolute atomic E-state index is 0.0306. The van der Waals surface area contributed by atoms with E-state index in [2.05, 4.69) is 10.6 Å². The van der Waals surface area contributed by atoms with E-state index >= 15 is 0 Å². The van der Waals surface area contributed by atoms with E-state index in [-0.39, 0.29) is 30.6 Å². The number of urea groups is 1. The summed E-state index contributed by atoms with van der Waals surface area (Å²) in [4.78, 5) is 11.7. The van der Waals surface area contributed by atoms with Gasteiger partial charge in [0.2, 0.25) is 0 Å². The summed E-state index contributed by atoms with van der Waals surface area (Å²) in [6, 6.07) is 3.08. The number of rotatable bonds is 6. The van der Waals surface area contributed by atoms with Gasteiger partial charge in [-0.2, -0.15) is 0 Å². The van der Waals surface area contributed by atoms with Crippen molar-refractivity contribution < 1.29 is 18.7 Å². The maximum atomic E-state index is 13.6. The van der Waals surface area contributed by atoms with Gasteiger partial charge in [-0.25, -0.2) is 13.6 Å². The van der Waals surface area contributed by atoms with Crippen LogP contribution in [0, 0.1) is 11.6 Å². The highest BCUT2D eigenvalue weighted by Crippen LogP contribution is 2.41. The standard InChI is InChI=1S/C15H20F2N2O2/c1-9(3-2-6-20)18-15(21)19-14-8-12(14)11-5-4-10(16)7-13(11)17/h4-5,7,9,12,14,20H,2-3,6,8H2,1H3,(H2,18,19,21)/t9-,12-,14-/m1/s1. The van der Waals surface area contributed by atoms with Crippen LogP contribution in [0.5, 0.6) is 0 Å². The van der Waals surface area contributed by atoms with Gasteiger partial charge in [0.25, 0.3) is 0 Å². The molecule has 1 fully saturated rings. The maximum absolute atomic E-state index is 13.6. The molecular formula is C15H20F2N2O2. The highest BCUT2D eigenvalue weighted by Gasteiger charge is 2.41. The topological polar surface area (TPSA) is 61.4 Å². The number of amides is 2. The third-order valence-corrected chi connectivity index (χ3v) is 3.64. The van der Waals surface area contributed by atoms with Crippen LogP contribution in [0.2, 0.25) is 0 Å². The zero-order valence-corrected chi connectivity index (χ0v) is 11.9. The first-order valence-electron chi connectivity index (χ1n) is 7.14. The van der Waals surface area contributed by atoms with Gasteiger partial charge in [0.1, 0.15) is 11.6 Å². The molecule has 0 radical (unpaired) electrons. The Morgan fingerprint density at radius 3 is 2.90 bits per heavy atom. The molecule has 0 heterocycles. The Morgan fingerprint density at radius 2 is 2.24 bits per heavy atom. The van der Waals surface area contributed by atoms with Gasteiger partial charge in [0.05, 0.1) is 0 Å². The molecule has 1 saturated carbocycles. The summed E-state index contributed by atoms with van der Waals surface area (Å²) < 4.78 is 26.5. The molecule has 1 aliphatic rings. The minimum atomic E-state index is -0.600. The number of halogens is 2. The van der Waals surface area contributed by atoms with E-state index in [9.17, 15) is 13.6 Å². The average molecular weight is 298 g/mol. The average Bonchev–Trinajstić information content (AvgIpc) is 3.15. The lowest BCUT2D eigenvalue weighted by molar-refractivity contribution is 0.233. The summed E-state index contributed by atoms with van der Waals surface area (Å²) in [5.74, 6) is -1.26. The van der Waals surface area contributed by atoms with Gasteiger partial charge in [-0.3, -0.25) is 0 Å². The normalized spacial score (nSPS) is 21.7. The molecule has 1 aromatic rings. The lowest BCUT2D eigenvalue weighted by Crippen LogP contribution is -2.42. The first-order chi connectivity index (χ1) is 10.0. The molecule has 1 aliphatic carbocycles. The van der Waals surface area contributed by atoms with Gasteiger partial charge in [-0.15, -0.1) is 0 Å². The molecule has 4 nitrogen and oxygen atoms in total. The Labute approximate surface area is 122 Å². The van der Waals surface area contributed by atoms with Gasteiger partial charge in [-0.05, 0) is 37.8 Å². The van der Waals surface area contributed by atoms with Gasteiger partial charge < -0.3 is 15.7 Å².